The number of rotatable bonds is 2. The Morgan fingerprint density at radius 2 is 2.55 bits per heavy atom. The third-order valence-electron chi connectivity index (χ3n) is 1.45. The van der Waals surface area contributed by atoms with Crippen LogP contribution in [0, 0.1) is 11.3 Å². The Morgan fingerprint density at radius 3 is 3.00 bits per heavy atom. The molecule has 0 spiro atoms. The van der Waals surface area contributed by atoms with Gasteiger partial charge in [0.2, 0.25) is 0 Å². The monoisotopic (exact) mass is 150 g/mol. The van der Waals surface area contributed by atoms with Crippen molar-refractivity contribution in [2.24, 2.45) is 7.05 Å². The summed E-state index contributed by atoms with van der Waals surface area (Å²) in [5, 5.41) is 15.5. The van der Waals surface area contributed by atoms with E-state index in [0.29, 0.717) is 5.69 Å². The Labute approximate surface area is 65.4 Å². The highest BCUT2D eigenvalue weighted by Gasteiger charge is 2.01. The van der Waals surface area contributed by atoms with Crippen molar-refractivity contribution in [3.63, 3.8) is 0 Å². The molecule has 1 aromatic heterocycles. The molecule has 0 aliphatic rings. The van der Waals surface area contributed by atoms with E-state index in [2.05, 4.69) is 10.4 Å². The average Bonchev–Trinajstić information content (AvgIpc) is 2.33. The van der Waals surface area contributed by atoms with Gasteiger partial charge in [0.1, 0.15) is 6.07 Å². The third-order valence-corrected chi connectivity index (χ3v) is 1.45. The van der Waals surface area contributed by atoms with Crippen LogP contribution < -0.4 is 5.32 Å². The molecule has 0 saturated heterocycles. The molecule has 0 atom stereocenters. The molecule has 0 aliphatic heterocycles. The number of hydrogen-bond donors (Lipinski definition) is 1. The van der Waals surface area contributed by atoms with E-state index in [0.717, 1.165) is 12.2 Å². The topological polar surface area (TPSA) is 53.6 Å². The SMILES string of the molecule is CNCc1cc(C#N)nn1C. The summed E-state index contributed by atoms with van der Waals surface area (Å²) in [5.41, 5.74) is 1.49. The Hall–Kier alpha value is -1.34. The van der Waals surface area contributed by atoms with E-state index in [-0.39, 0.29) is 0 Å². The molecule has 11 heavy (non-hydrogen) atoms. The van der Waals surface area contributed by atoms with Gasteiger partial charge < -0.3 is 5.32 Å². The van der Waals surface area contributed by atoms with Crippen LogP contribution in [0.4, 0.5) is 0 Å². The second kappa shape index (κ2) is 3.17. The highest BCUT2D eigenvalue weighted by atomic mass is 15.3. The van der Waals surface area contributed by atoms with Crippen LogP contribution in [0.3, 0.4) is 0 Å². The zero-order chi connectivity index (χ0) is 8.27. The largest absolute Gasteiger partial charge is 0.314 e. The molecule has 1 aromatic rings. The van der Waals surface area contributed by atoms with E-state index in [1.165, 1.54) is 0 Å². The van der Waals surface area contributed by atoms with Crippen LogP contribution in [-0.4, -0.2) is 16.8 Å². The van der Waals surface area contributed by atoms with E-state index in [9.17, 15) is 0 Å². The van der Waals surface area contributed by atoms with Crippen molar-refractivity contribution in [2.75, 3.05) is 7.05 Å². The quantitative estimate of drug-likeness (QED) is 0.646. The van der Waals surface area contributed by atoms with Gasteiger partial charge in [-0.1, -0.05) is 0 Å². The summed E-state index contributed by atoms with van der Waals surface area (Å²) < 4.78 is 1.70. The second-order valence-corrected chi connectivity index (χ2v) is 2.29. The summed E-state index contributed by atoms with van der Waals surface area (Å²) in [7, 11) is 3.69. The minimum absolute atomic E-state index is 0.470. The molecule has 1 N–H and O–H groups in total. The van der Waals surface area contributed by atoms with E-state index in [1.54, 1.807) is 10.7 Å². The summed E-state index contributed by atoms with van der Waals surface area (Å²) in [5.74, 6) is 0. The van der Waals surface area contributed by atoms with Crippen LogP contribution in [0.5, 0.6) is 0 Å². The van der Waals surface area contributed by atoms with Crippen LogP contribution in [0.1, 0.15) is 11.4 Å². The van der Waals surface area contributed by atoms with Gasteiger partial charge in [-0.3, -0.25) is 4.68 Å². The minimum atomic E-state index is 0.470. The van der Waals surface area contributed by atoms with Crippen molar-refractivity contribution in [3.8, 4) is 6.07 Å². The molecule has 58 valence electrons. The average molecular weight is 150 g/mol. The van der Waals surface area contributed by atoms with Crippen molar-refractivity contribution in [1.82, 2.24) is 15.1 Å². The van der Waals surface area contributed by atoms with Gasteiger partial charge in [-0.15, -0.1) is 0 Å². The number of hydrogen-bond acceptors (Lipinski definition) is 3. The fourth-order valence-electron chi connectivity index (χ4n) is 0.907. The summed E-state index contributed by atoms with van der Waals surface area (Å²) in [6.07, 6.45) is 0. The lowest BCUT2D eigenvalue weighted by molar-refractivity contribution is 0.671. The summed E-state index contributed by atoms with van der Waals surface area (Å²) in [6, 6.07) is 3.76. The van der Waals surface area contributed by atoms with Crippen molar-refractivity contribution in [1.29, 1.82) is 5.26 Å². The van der Waals surface area contributed by atoms with Crippen LogP contribution >= 0.6 is 0 Å². The molecule has 0 bridgehead atoms. The number of aryl methyl sites for hydroxylation is 1. The van der Waals surface area contributed by atoms with Crippen molar-refractivity contribution in [2.45, 2.75) is 6.54 Å². The lowest BCUT2D eigenvalue weighted by Crippen LogP contribution is -2.09. The van der Waals surface area contributed by atoms with Gasteiger partial charge in [0.15, 0.2) is 5.69 Å². The van der Waals surface area contributed by atoms with Gasteiger partial charge in [-0.05, 0) is 13.1 Å². The van der Waals surface area contributed by atoms with Gasteiger partial charge >= 0.3 is 0 Å². The maximum absolute atomic E-state index is 8.50. The molecular weight excluding hydrogens is 140 g/mol. The van der Waals surface area contributed by atoms with Crippen LogP contribution in [0.2, 0.25) is 0 Å². The van der Waals surface area contributed by atoms with Crippen LogP contribution in [0.15, 0.2) is 6.07 Å². The Morgan fingerprint density at radius 1 is 1.82 bits per heavy atom. The fourth-order valence-corrected chi connectivity index (χ4v) is 0.907. The molecule has 0 amide bonds. The van der Waals surface area contributed by atoms with Crippen LogP contribution in [-0.2, 0) is 13.6 Å². The number of aromatic nitrogens is 2. The molecule has 0 aromatic carbocycles. The van der Waals surface area contributed by atoms with E-state index < -0.39 is 0 Å². The first-order valence-electron chi connectivity index (χ1n) is 3.35. The van der Waals surface area contributed by atoms with Crippen molar-refractivity contribution < 1.29 is 0 Å². The van der Waals surface area contributed by atoms with Crippen molar-refractivity contribution in [3.05, 3.63) is 17.5 Å². The Kier molecular flexibility index (Phi) is 2.24. The van der Waals surface area contributed by atoms with Crippen molar-refractivity contribution >= 4 is 0 Å². The van der Waals surface area contributed by atoms with Gasteiger partial charge in [-0.25, -0.2) is 0 Å². The minimum Gasteiger partial charge on any atom is -0.314 e. The van der Waals surface area contributed by atoms with Gasteiger partial charge in [0, 0.05) is 13.6 Å². The molecule has 0 saturated carbocycles. The molecule has 0 radical (unpaired) electrons. The summed E-state index contributed by atoms with van der Waals surface area (Å²) in [6.45, 7) is 0.741. The maximum atomic E-state index is 8.50. The zero-order valence-corrected chi connectivity index (χ0v) is 6.63. The number of nitrogens with zero attached hydrogens (tertiary/aromatic N) is 3. The summed E-state index contributed by atoms with van der Waals surface area (Å²) >= 11 is 0. The van der Waals surface area contributed by atoms with Crippen LogP contribution in [0.25, 0.3) is 0 Å². The molecule has 0 unspecified atom stereocenters. The predicted octanol–water partition coefficient (Wildman–Crippen LogP) is 0.0112. The fraction of sp³-hybridized carbons (Fsp3) is 0.429. The lowest BCUT2D eigenvalue weighted by atomic mass is 10.3. The standard InChI is InChI=1S/C7H10N4/c1-9-5-7-3-6(4-8)10-11(7)2/h3,9H,5H2,1-2H3. The third kappa shape index (κ3) is 1.57. The first-order chi connectivity index (χ1) is 5.27. The Balaban J connectivity index is 2.90. The first-order valence-corrected chi connectivity index (χ1v) is 3.35. The zero-order valence-electron chi connectivity index (χ0n) is 6.63. The highest BCUT2D eigenvalue weighted by molar-refractivity contribution is 5.22. The van der Waals surface area contributed by atoms with Gasteiger partial charge in [-0.2, -0.15) is 10.4 Å². The maximum Gasteiger partial charge on any atom is 0.162 e. The molecule has 0 aliphatic carbocycles. The summed E-state index contributed by atoms with van der Waals surface area (Å²) in [4.78, 5) is 0. The molecule has 1 heterocycles. The van der Waals surface area contributed by atoms with E-state index >= 15 is 0 Å². The molecular formula is C7H10N4. The smallest absolute Gasteiger partial charge is 0.162 e. The first kappa shape index (κ1) is 7.76. The van der Waals surface area contributed by atoms with E-state index in [1.807, 2.05) is 20.2 Å². The number of nitriles is 1. The lowest BCUT2D eigenvalue weighted by Gasteiger charge is -1.97. The number of nitrogens with one attached hydrogen (secondary N) is 1. The second-order valence-electron chi connectivity index (χ2n) is 2.29. The molecule has 4 nitrogen and oxygen atoms in total. The molecule has 0 fully saturated rings. The normalized spacial score (nSPS) is 9.55. The Bertz CT molecular complexity index is 281. The van der Waals surface area contributed by atoms with Gasteiger partial charge in [0.05, 0.1) is 5.69 Å². The molecule has 1 rings (SSSR count). The molecule has 4 heteroatoms. The van der Waals surface area contributed by atoms with E-state index in [4.69, 9.17) is 5.26 Å². The predicted molar refractivity (Wildman–Crippen MR) is 40.7 cm³/mol. The highest BCUT2D eigenvalue weighted by Crippen LogP contribution is 2.00. The van der Waals surface area contributed by atoms with Gasteiger partial charge in [0.25, 0.3) is 0 Å².